The number of nitrogens with one attached hydrogen (secondary N) is 1. The summed E-state index contributed by atoms with van der Waals surface area (Å²) in [6.45, 7) is 0. The van der Waals surface area contributed by atoms with Crippen LogP contribution in [0.1, 0.15) is 5.56 Å². The van der Waals surface area contributed by atoms with Crippen LogP contribution < -0.4 is 10.2 Å². The summed E-state index contributed by atoms with van der Waals surface area (Å²) in [6.07, 6.45) is 1.55. The second kappa shape index (κ2) is 10.8. The van der Waals surface area contributed by atoms with Crippen LogP contribution in [0.4, 0.5) is 0 Å². The highest BCUT2D eigenvalue weighted by molar-refractivity contribution is 7.99. The molecule has 0 aliphatic heterocycles. The first-order chi connectivity index (χ1) is 16.2. The van der Waals surface area contributed by atoms with Crippen LogP contribution in [0.15, 0.2) is 89.1 Å². The lowest BCUT2D eigenvalue weighted by atomic mass is 10.2. The molecule has 0 radical (unpaired) electrons. The molecule has 1 N–H and O–H groups in total. The molecule has 7 nitrogen and oxygen atoms in total. The number of methoxy groups -OCH3 is 1. The van der Waals surface area contributed by atoms with Gasteiger partial charge in [-0.15, -0.1) is 10.2 Å². The van der Waals surface area contributed by atoms with E-state index >= 15 is 0 Å². The number of amides is 1. The average Bonchev–Trinajstić information content (AvgIpc) is 3.28. The lowest BCUT2D eigenvalue weighted by Gasteiger charge is -2.10. The molecular formula is C24H20ClN5O2S. The van der Waals surface area contributed by atoms with E-state index in [1.165, 1.54) is 11.8 Å². The Morgan fingerprint density at radius 3 is 2.55 bits per heavy atom. The zero-order valence-corrected chi connectivity index (χ0v) is 19.3. The van der Waals surface area contributed by atoms with Crippen molar-refractivity contribution >= 4 is 35.5 Å². The van der Waals surface area contributed by atoms with E-state index in [9.17, 15) is 4.79 Å². The second-order valence-corrected chi connectivity index (χ2v) is 8.19. The fourth-order valence-corrected chi connectivity index (χ4v) is 3.94. The standard InChI is InChI=1S/C24H20ClN5O2S/c1-32-21-10-6-5-7-18(21)15-26-27-22(31)16-33-24-29-28-23(17-11-13-19(25)14-12-17)30(24)20-8-3-2-4-9-20/h2-15H,16H2,1H3,(H,27,31). The zero-order chi connectivity index (χ0) is 23.0. The molecule has 33 heavy (non-hydrogen) atoms. The van der Waals surface area contributed by atoms with Gasteiger partial charge in [0.25, 0.3) is 5.91 Å². The number of nitrogens with zero attached hydrogens (tertiary/aromatic N) is 4. The van der Waals surface area contributed by atoms with Crippen molar-refractivity contribution in [2.45, 2.75) is 5.16 Å². The summed E-state index contributed by atoms with van der Waals surface area (Å²) < 4.78 is 7.19. The first-order valence-electron chi connectivity index (χ1n) is 10.00. The van der Waals surface area contributed by atoms with Gasteiger partial charge < -0.3 is 4.74 Å². The van der Waals surface area contributed by atoms with Crippen molar-refractivity contribution in [3.05, 3.63) is 89.4 Å². The van der Waals surface area contributed by atoms with Crippen LogP contribution in [0, 0.1) is 0 Å². The Morgan fingerprint density at radius 2 is 1.79 bits per heavy atom. The number of rotatable bonds is 8. The molecule has 166 valence electrons. The van der Waals surface area contributed by atoms with Crippen LogP contribution in [-0.4, -0.2) is 39.7 Å². The minimum Gasteiger partial charge on any atom is -0.496 e. The molecule has 4 rings (SSSR count). The van der Waals surface area contributed by atoms with Gasteiger partial charge in [-0.2, -0.15) is 5.10 Å². The van der Waals surface area contributed by atoms with Gasteiger partial charge in [-0.3, -0.25) is 9.36 Å². The van der Waals surface area contributed by atoms with Gasteiger partial charge >= 0.3 is 0 Å². The fourth-order valence-electron chi connectivity index (χ4n) is 3.07. The van der Waals surface area contributed by atoms with Crippen LogP contribution in [0.3, 0.4) is 0 Å². The number of hydrogen-bond acceptors (Lipinski definition) is 6. The van der Waals surface area contributed by atoms with E-state index in [-0.39, 0.29) is 11.7 Å². The SMILES string of the molecule is COc1ccccc1C=NNC(=O)CSc1nnc(-c2ccc(Cl)cc2)n1-c1ccccc1. The predicted molar refractivity (Wildman–Crippen MR) is 131 cm³/mol. The third-order valence-corrected chi connectivity index (χ3v) is 5.80. The molecule has 4 aromatic rings. The largest absolute Gasteiger partial charge is 0.496 e. The molecule has 0 aliphatic carbocycles. The third-order valence-electron chi connectivity index (χ3n) is 4.61. The van der Waals surface area contributed by atoms with Gasteiger partial charge in [0.05, 0.1) is 19.1 Å². The first-order valence-corrected chi connectivity index (χ1v) is 11.4. The number of carbonyl (C=O) groups excluding carboxylic acids is 1. The van der Waals surface area contributed by atoms with Crippen LogP contribution in [0.25, 0.3) is 17.1 Å². The van der Waals surface area contributed by atoms with Gasteiger partial charge in [0, 0.05) is 21.8 Å². The quantitative estimate of drug-likeness (QED) is 0.223. The number of aromatic nitrogens is 3. The maximum atomic E-state index is 12.4. The van der Waals surface area contributed by atoms with E-state index in [1.807, 2.05) is 71.3 Å². The molecule has 0 bridgehead atoms. The average molecular weight is 478 g/mol. The van der Waals surface area contributed by atoms with Crippen molar-refractivity contribution in [1.82, 2.24) is 20.2 Å². The zero-order valence-electron chi connectivity index (χ0n) is 17.7. The van der Waals surface area contributed by atoms with Crippen LogP contribution in [0.5, 0.6) is 5.75 Å². The Morgan fingerprint density at radius 1 is 1.06 bits per heavy atom. The van der Waals surface area contributed by atoms with E-state index in [4.69, 9.17) is 16.3 Å². The number of benzene rings is 3. The van der Waals surface area contributed by atoms with Crippen molar-refractivity contribution in [3.8, 4) is 22.8 Å². The van der Waals surface area contributed by atoms with E-state index < -0.39 is 0 Å². The lowest BCUT2D eigenvalue weighted by molar-refractivity contribution is -0.118. The van der Waals surface area contributed by atoms with Crippen LogP contribution in [0.2, 0.25) is 5.02 Å². The van der Waals surface area contributed by atoms with Gasteiger partial charge in [0.2, 0.25) is 0 Å². The summed E-state index contributed by atoms with van der Waals surface area (Å²) in [6, 6.07) is 24.6. The third kappa shape index (κ3) is 5.60. The molecule has 1 heterocycles. The molecule has 0 aliphatic rings. The van der Waals surface area contributed by atoms with Gasteiger partial charge in [0.15, 0.2) is 11.0 Å². The van der Waals surface area contributed by atoms with Gasteiger partial charge in [-0.1, -0.05) is 53.7 Å². The molecule has 1 aromatic heterocycles. The van der Waals surface area contributed by atoms with E-state index in [0.29, 0.717) is 21.8 Å². The normalized spacial score (nSPS) is 11.0. The molecular weight excluding hydrogens is 458 g/mol. The van der Waals surface area contributed by atoms with E-state index in [1.54, 1.807) is 25.5 Å². The summed E-state index contributed by atoms with van der Waals surface area (Å²) in [5, 5.41) is 14.0. The minimum absolute atomic E-state index is 0.120. The molecule has 0 unspecified atom stereocenters. The highest BCUT2D eigenvalue weighted by Gasteiger charge is 2.17. The van der Waals surface area contributed by atoms with E-state index in [2.05, 4.69) is 20.7 Å². The Labute approximate surface area is 200 Å². The smallest absolute Gasteiger partial charge is 0.250 e. The van der Waals surface area contributed by atoms with Gasteiger partial charge in [0.1, 0.15) is 5.75 Å². The van der Waals surface area contributed by atoms with E-state index in [0.717, 1.165) is 16.8 Å². The molecule has 1 amide bonds. The Hall–Kier alpha value is -3.62. The Balaban J connectivity index is 1.49. The molecule has 9 heteroatoms. The summed E-state index contributed by atoms with van der Waals surface area (Å²) >= 11 is 7.31. The Bertz CT molecular complexity index is 1260. The van der Waals surface area contributed by atoms with Crippen molar-refractivity contribution < 1.29 is 9.53 Å². The topological polar surface area (TPSA) is 81.4 Å². The van der Waals surface area contributed by atoms with Crippen LogP contribution in [-0.2, 0) is 4.79 Å². The highest BCUT2D eigenvalue weighted by atomic mass is 35.5. The number of carbonyl (C=O) groups is 1. The number of para-hydroxylation sites is 2. The predicted octanol–water partition coefficient (Wildman–Crippen LogP) is 4.84. The number of hydrazone groups is 1. The van der Waals surface area contributed by atoms with Crippen LogP contribution >= 0.6 is 23.4 Å². The molecule has 0 atom stereocenters. The van der Waals surface area contributed by atoms with Crippen molar-refractivity contribution in [1.29, 1.82) is 0 Å². The molecule has 0 spiro atoms. The summed E-state index contributed by atoms with van der Waals surface area (Å²) in [4.78, 5) is 12.4. The number of ether oxygens (including phenoxy) is 1. The number of hydrogen-bond donors (Lipinski definition) is 1. The molecule has 0 saturated heterocycles. The second-order valence-electron chi connectivity index (χ2n) is 6.81. The minimum atomic E-state index is -0.262. The fraction of sp³-hybridized carbons (Fsp3) is 0.0833. The maximum Gasteiger partial charge on any atom is 0.250 e. The van der Waals surface area contributed by atoms with Crippen molar-refractivity contribution in [2.75, 3.05) is 12.9 Å². The summed E-state index contributed by atoms with van der Waals surface area (Å²) in [7, 11) is 1.59. The van der Waals surface area contributed by atoms with Crippen molar-refractivity contribution in [2.24, 2.45) is 5.10 Å². The highest BCUT2D eigenvalue weighted by Crippen LogP contribution is 2.28. The number of thioether (sulfide) groups is 1. The number of halogens is 1. The molecule has 0 fully saturated rings. The first kappa shape index (κ1) is 22.6. The summed E-state index contributed by atoms with van der Waals surface area (Å²) in [5.41, 5.74) is 5.07. The monoisotopic (exact) mass is 477 g/mol. The summed E-state index contributed by atoms with van der Waals surface area (Å²) in [5.74, 6) is 1.20. The van der Waals surface area contributed by atoms with Gasteiger partial charge in [-0.05, 0) is 48.5 Å². The maximum absolute atomic E-state index is 12.4. The Kier molecular flexibility index (Phi) is 7.39. The van der Waals surface area contributed by atoms with Crippen molar-refractivity contribution in [3.63, 3.8) is 0 Å². The molecule has 3 aromatic carbocycles. The molecule has 0 saturated carbocycles. The van der Waals surface area contributed by atoms with Gasteiger partial charge in [-0.25, -0.2) is 5.43 Å². The lowest BCUT2D eigenvalue weighted by Crippen LogP contribution is -2.20.